The molecule has 0 saturated carbocycles. The van der Waals surface area contributed by atoms with Crippen LogP contribution in [-0.4, -0.2) is 35.7 Å². The van der Waals surface area contributed by atoms with Crippen molar-refractivity contribution >= 4 is 0 Å². The third-order valence-electron chi connectivity index (χ3n) is 3.51. The summed E-state index contributed by atoms with van der Waals surface area (Å²) in [6, 6.07) is 10.8. The lowest BCUT2D eigenvalue weighted by Crippen LogP contribution is -2.44. The number of benzene rings is 1. The summed E-state index contributed by atoms with van der Waals surface area (Å²) in [4.78, 5) is 2.39. The van der Waals surface area contributed by atoms with E-state index in [0.717, 1.165) is 13.1 Å². The fourth-order valence-electron chi connectivity index (χ4n) is 2.18. The second kappa shape index (κ2) is 6.18. The topological polar surface area (TPSA) is 23.5 Å². The van der Waals surface area contributed by atoms with Crippen molar-refractivity contribution in [3.05, 3.63) is 35.9 Å². The molecule has 1 unspecified atom stereocenters. The van der Waals surface area contributed by atoms with Crippen LogP contribution in [-0.2, 0) is 5.41 Å². The molecule has 96 valence electrons. The number of hydrogen-bond donors (Lipinski definition) is 1. The summed E-state index contributed by atoms with van der Waals surface area (Å²) in [5.74, 6) is 0. The van der Waals surface area contributed by atoms with Gasteiger partial charge in [-0.05, 0) is 26.0 Å². The molecule has 0 aromatic heterocycles. The first-order valence-electron chi connectivity index (χ1n) is 6.44. The number of nitrogens with zero attached hydrogens (tertiary/aromatic N) is 1. The molecular formula is C15H25NO. The van der Waals surface area contributed by atoms with Gasteiger partial charge in [-0.2, -0.15) is 0 Å². The van der Waals surface area contributed by atoms with Crippen LogP contribution >= 0.6 is 0 Å². The van der Waals surface area contributed by atoms with Gasteiger partial charge in [0.25, 0.3) is 0 Å². The fraction of sp³-hybridized carbons (Fsp3) is 0.600. The molecule has 0 aliphatic carbocycles. The Morgan fingerprint density at radius 3 is 2.24 bits per heavy atom. The lowest BCUT2D eigenvalue weighted by Gasteiger charge is -2.36. The smallest absolute Gasteiger partial charge is 0.0537 e. The third kappa shape index (κ3) is 3.55. The molecule has 0 amide bonds. The number of rotatable bonds is 6. The van der Waals surface area contributed by atoms with Crippen molar-refractivity contribution in [1.82, 2.24) is 4.90 Å². The van der Waals surface area contributed by atoms with Crippen molar-refractivity contribution in [2.75, 3.05) is 19.7 Å². The Bertz CT molecular complexity index is 323. The van der Waals surface area contributed by atoms with Gasteiger partial charge < -0.3 is 10.0 Å². The first kappa shape index (κ1) is 14.2. The summed E-state index contributed by atoms with van der Waals surface area (Å²) in [5.41, 5.74) is 1.03. The molecule has 1 aromatic rings. The molecule has 17 heavy (non-hydrogen) atoms. The first-order valence-corrected chi connectivity index (χ1v) is 6.44. The molecule has 0 saturated heterocycles. The molecule has 1 rings (SSSR count). The summed E-state index contributed by atoms with van der Waals surface area (Å²) < 4.78 is 0. The predicted octanol–water partition coefficient (Wildman–Crippen LogP) is 2.67. The molecule has 0 bridgehead atoms. The molecule has 0 aliphatic heterocycles. The molecule has 0 spiro atoms. The largest absolute Gasteiger partial charge is 0.395 e. The molecule has 1 atom stereocenters. The van der Waals surface area contributed by atoms with Crippen molar-refractivity contribution in [3.8, 4) is 0 Å². The van der Waals surface area contributed by atoms with Gasteiger partial charge in [0.2, 0.25) is 0 Å². The second-order valence-electron chi connectivity index (χ2n) is 5.24. The van der Waals surface area contributed by atoms with Crippen LogP contribution in [0.5, 0.6) is 0 Å². The number of aliphatic hydroxyl groups excluding tert-OH is 1. The highest BCUT2D eigenvalue weighted by atomic mass is 16.3. The highest BCUT2D eigenvalue weighted by molar-refractivity contribution is 5.25. The molecule has 1 N–H and O–H groups in total. The van der Waals surface area contributed by atoms with Gasteiger partial charge in [-0.25, -0.2) is 0 Å². The summed E-state index contributed by atoms with van der Waals surface area (Å²) in [6.07, 6.45) is 0. The van der Waals surface area contributed by atoms with Crippen molar-refractivity contribution in [1.29, 1.82) is 0 Å². The lowest BCUT2D eigenvalue weighted by molar-refractivity contribution is 0.128. The van der Waals surface area contributed by atoms with E-state index in [-0.39, 0.29) is 12.0 Å². The van der Waals surface area contributed by atoms with E-state index in [1.807, 2.05) is 18.2 Å². The van der Waals surface area contributed by atoms with E-state index in [1.54, 1.807) is 0 Å². The summed E-state index contributed by atoms with van der Waals surface area (Å²) in [5, 5.41) is 9.74. The summed E-state index contributed by atoms with van der Waals surface area (Å²) >= 11 is 0. The zero-order valence-corrected chi connectivity index (χ0v) is 11.5. The van der Waals surface area contributed by atoms with E-state index >= 15 is 0 Å². The fourth-order valence-corrected chi connectivity index (χ4v) is 2.18. The Kier molecular flexibility index (Phi) is 5.16. The minimum atomic E-state index is -0.179. The van der Waals surface area contributed by atoms with Gasteiger partial charge in [-0.15, -0.1) is 0 Å². The molecule has 2 nitrogen and oxygen atoms in total. The van der Waals surface area contributed by atoms with Gasteiger partial charge in [0.05, 0.1) is 6.61 Å². The lowest BCUT2D eigenvalue weighted by atomic mass is 9.82. The van der Waals surface area contributed by atoms with Gasteiger partial charge in [0, 0.05) is 18.0 Å². The zero-order chi connectivity index (χ0) is 12.9. The number of aliphatic hydroxyl groups is 1. The molecule has 2 heteroatoms. The molecule has 1 aromatic carbocycles. The SMILES string of the molecule is CCN(CC(C)(CO)c1ccccc1)C(C)C. The van der Waals surface area contributed by atoms with Crippen LogP contribution < -0.4 is 0 Å². The van der Waals surface area contributed by atoms with E-state index in [4.69, 9.17) is 0 Å². The predicted molar refractivity (Wildman–Crippen MR) is 73.3 cm³/mol. The van der Waals surface area contributed by atoms with E-state index in [0.29, 0.717) is 6.04 Å². The Balaban J connectivity index is 2.89. The van der Waals surface area contributed by atoms with Gasteiger partial charge in [-0.1, -0.05) is 44.2 Å². The molecule has 0 heterocycles. The molecule has 0 radical (unpaired) electrons. The Hall–Kier alpha value is -0.860. The molecule has 0 aliphatic rings. The minimum Gasteiger partial charge on any atom is -0.395 e. The van der Waals surface area contributed by atoms with Crippen molar-refractivity contribution in [2.24, 2.45) is 0 Å². The number of likely N-dealkylation sites (N-methyl/N-ethyl adjacent to an activating group) is 1. The standard InChI is InChI=1S/C15H25NO/c1-5-16(13(2)3)11-15(4,12-17)14-9-7-6-8-10-14/h6-10,13,17H,5,11-12H2,1-4H3. The van der Waals surface area contributed by atoms with Crippen LogP contribution in [0.15, 0.2) is 30.3 Å². The van der Waals surface area contributed by atoms with Crippen molar-refractivity contribution in [3.63, 3.8) is 0 Å². The Labute approximate surface area is 105 Å². The van der Waals surface area contributed by atoms with Crippen LogP contribution in [0.2, 0.25) is 0 Å². The average Bonchev–Trinajstić information content (AvgIpc) is 2.36. The quantitative estimate of drug-likeness (QED) is 0.819. The van der Waals surface area contributed by atoms with Gasteiger partial charge in [-0.3, -0.25) is 0 Å². The van der Waals surface area contributed by atoms with E-state index in [1.165, 1.54) is 5.56 Å². The van der Waals surface area contributed by atoms with Crippen molar-refractivity contribution in [2.45, 2.75) is 39.2 Å². The van der Waals surface area contributed by atoms with Crippen LogP contribution in [0.25, 0.3) is 0 Å². The van der Waals surface area contributed by atoms with Gasteiger partial charge in [0.1, 0.15) is 0 Å². The summed E-state index contributed by atoms with van der Waals surface area (Å²) in [6.45, 7) is 10.8. The Morgan fingerprint density at radius 2 is 1.82 bits per heavy atom. The molecular weight excluding hydrogens is 210 g/mol. The second-order valence-corrected chi connectivity index (χ2v) is 5.24. The summed E-state index contributed by atoms with van der Waals surface area (Å²) in [7, 11) is 0. The van der Waals surface area contributed by atoms with Crippen molar-refractivity contribution < 1.29 is 5.11 Å². The monoisotopic (exact) mass is 235 g/mol. The maximum atomic E-state index is 9.74. The maximum absolute atomic E-state index is 9.74. The minimum absolute atomic E-state index is 0.179. The van der Waals surface area contributed by atoms with Crippen LogP contribution in [0.1, 0.15) is 33.3 Å². The van der Waals surface area contributed by atoms with Gasteiger partial charge >= 0.3 is 0 Å². The number of hydrogen-bond acceptors (Lipinski definition) is 2. The maximum Gasteiger partial charge on any atom is 0.0537 e. The van der Waals surface area contributed by atoms with E-state index in [9.17, 15) is 5.11 Å². The highest BCUT2D eigenvalue weighted by Crippen LogP contribution is 2.25. The first-order chi connectivity index (χ1) is 8.03. The average molecular weight is 235 g/mol. The van der Waals surface area contributed by atoms with Crippen LogP contribution in [0, 0.1) is 0 Å². The van der Waals surface area contributed by atoms with Crippen LogP contribution in [0.4, 0.5) is 0 Å². The highest BCUT2D eigenvalue weighted by Gasteiger charge is 2.28. The van der Waals surface area contributed by atoms with Gasteiger partial charge in [0.15, 0.2) is 0 Å². The normalized spacial score (nSPS) is 15.2. The van der Waals surface area contributed by atoms with E-state index in [2.05, 4.69) is 44.7 Å². The Morgan fingerprint density at radius 1 is 1.24 bits per heavy atom. The zero-order valence-electron chi connectivity index (χ0n) is 11.5. The van der Waals surface area contributed by atoms with Crippen LogP contribution in [0.3, 0.4) is 0 Å². The van der Waals surface area contributed by atoms with E-state index < -0.39 is 0 Å². The third-order valence-corrected chi connectivity index (χ3v) is 3.51. The molecule has 0 fully saturated rings.